The smallest absolute Gasteiger partial charge is 0.387 e. The van der Waals surface area contributed by atoms with E-state index in [1.165, 1.54) is 22.3 Å². The molecule has 3 rings (SSSR count). The van der Waals surface area contributed by atoms with Crippen LogP contribution >= 0.6 is 8.24 Å². The summed E-state index contributed by atoms with van der Waals surface area (Å²) in [5.41, 5.74) is 16.0. The van der Waals surface area contributed by atoms with Gasteiger partial charge in [-0.15, -0.1) is 0 Å². The highest BCUT2D eigenvalue weighted by atomic mass is 31.1. The lowest BCUT2D eigenvalue weighted by atomic mass is 9.77. The average Bonchev–Trinajstić information content (AvgIpc) is 3.04. The van der Waals surface area contributed by atoms with Crippen LogP contribution in [0.4, 0.5) is 0 Å². The Hall–Kier alpha value is -1.90. The van der Waals surface area contributed by atoms with E-state index in [2.05, 4.69) is 107 Å². The zero-order valence-electron chi connectivity index (χ0n) is 28.5. The van der Waals surface area contributed by atoms with Gasteiger partial charge in [0.2, 0.25) is 0 Å². The Morgan fingerprint density at radius 1 is 0.628 bits per heavy atom. The first kappa shape index (κ1) is 37.3. The van der Waals surface area contributed by atoms with E-state index in [1.807, 2.05) is 0 Å². The molecule has 0 aliphatic carbocycles. The van der Waals surface area contributed by atoms with Crippen molar-refractivity contribution in [2.75, 3.05) is 33.0 Å². The van der Waals surface area contributed by atoms with Crippen LogP contribution in [0.5, 0.6) is 0 Å². The summed E-state index contributed by atoms with van der Waals surface area (Å²) in [6, 6.07) is 9.21. The van der Waals surface area contributed by atoms with Gasteiger partial charge >= 0.3 is 8.24 Å². The van der Waals surface area contributed by atoms with Crippen molar-refractivity contribution in [1.29, 1.82) is 0 Å². The zero-order chi connectivity index (χ0) is 33.2. The molecule has 2 aromatic carbocycles. The molecule has 8 nitrogen and oxygen atoms in total. The van der Waals surface area contributed by atoms with Crippen molar-refractivity contribution in [3.63, 3.8) is 0 Å². The highest BCUT2D eigenvalue weighted by molar-refractivity contribution is 7.31. The number of hydrogen-bond acceptors (Lipinski definition) is 8. The fourth-order valence-electron chi connectivity index (χ4n) is 4.33. The predicted octanol–water partition coefficient (Wildman–Crippen LogP) is 6.53. The SMILES string of the molecule is CC(C)(C)c1cc(C(C)(C)C)c2op(OCCN)oc3c(C(C)(C)C)cc(C(C)(C)C)cc3c2c1.NC(CO)(CO)CO. The second-order valence-electron chi connectivity index (χ2n) is 15.7. The standard InChI is InChI=1S/C30H46NO3P.C4H11NO3/c1-27(2,3)19-15-21-22-16-20(28(4,5)6)18-24(30(10,11)12)26(22)34-35(32-14-13-31)33-25(21)23(17-19)29(7,8)9;5-4(1-6,2-7)3-8/h15-18H,13-14,31H2,1-12H3;6-8H,1-3,5H2. The van der Waals surface area contributed by atoms with E-state index < -0.39 is 33.6 Å². The molecule has 0 unspecified atom stereocenters. The summed E-state index contributed by atoms with van der Waals surface area (Å²) in [5.74, 6) is 0. The van der Waals surface area contributed by atoms with Crippen LogP contribution in [-0.2, 0) is 21.7 Å². The van der Waals surface area contributed by atoms with Crippen LogP contribution in [0.15, 0.2) is 32.7 Å². The third-order valence-corrected chi connectivity index (χ3v) is 8.46. The number of fused-ring (bicyclic) bond motifs is 3. The molecule has 1 heterocycles. The Kier molecular flexibility index (Phi) is 11.8. The van der Waals surface area contributed by atoms with Crippen LogP contribution in [0, 0.1) is 0 Å². The molecule has 0 aliphatic heterocycles. The quantitative estimate of drug-likeness (QED) is 0.209. The van der Waals surface area contributed by atoms with E-state index in [1.54, 1.807) is 0 Å². The third kappa shape index (κ3) is 9.30. The van der Waals surface area contributed by atoms with Gasteiger partial charge in [0.1, 0.15) is 11.2 Å². The van der Waals surface area contributed by atoms with Crippen molar-refractivity contribution in [2.45, 2.75) is 110 Å². The lowest BCUT2D eigenvalue weighted by Gasteiger charge is -2.27. The van der Waals surface area contributed by atoms with Gasteiger partial charge in [0.05, 0.1) is 32.0 Å². The number of rotatable bonds is 6. The highest BCUT2D eigenvalue weighted by Crippen LogP contribution is 2.44. The maximum Gasteiger partial charge on any atom is 0.387 e. The summed E-state index contributed by atoms with van der Waals surface area (Å²) in [7, 11) is -1.66. The second-order valence-corrected chi connectivity index (χ2v) is 16.7. The van der Waals surface area contributed by atoms with Crippen molar-refractivity contribution in [3.05, 3.63) is 46.5 Å². The zero-order valence-corrected chi connectivity index (χ0v) is 29.4. The number of benzene rings is 2. The molecule has 0 saturated carbocycles. The summed E-state index contributed by atoms with van der Waals surface area (Å²) in [4.78, 5) is 0. The van der Waals surface area contributed by atoms with Gasteiger partial charge in [-0.2, -0.15) is 0 Å². The number of aliphatic hydroxyl groups excluding tert-OH is 3. The van der Waals surface area contributed by atoms with Crippen LogP contribution in [0.25, 0.3) is 21.9 Å². The van der Waals surface area contributed by atoms with Crippen molar-refractivity contribution < 1.29 is 28.2 Å². The summed E-state index contributed by atoms with van der Waals surface area (Å²) < 4.78 is 19.3. The number of hydrogen-bond donors (Lipinski definition) is 5. The van der Waals surface area contributed by atoms with Crippen LogP contribution in [0.3, 0.4) is 0 Å². The fraction of sp³-hybridized carbons (Fsp3) is 0.647. The first-order valence-electron chi connectivity index (χ1n) is 15.0. The van der Waals surface area contributed by atoms with Crippen molar-refractivity contribution >= 4 is 30.2 Å². The van der Waals surface area contributed by atoms with Gasteiger partial charge in [-0.3, -0.25) is 4.52 Å². The van der Waals surface area contributed by atoms with Crippen LogP contribution in [0.2, 0.25) is 0 Å². The minimum absolute atomic E-state index is 0.0162. The number of aliphatic hydroxyl groups is 3. The van der Waals surface area contributed by atoms with E-state index in [0.717, 1.165) is 21.9 Å². The van der Waals surface area contributed by atoms with E-state index >= 15 is 0 Å². The maximum absolute atomic E-state index is 8.34. The Bertz CT molecular complexity index is 1310. The van der Waals surface area contributed by atoms with Gasteiger partial charge in [-0.25, -0.2) is 0 Å². The lowest BCUT2D eigenvalue weighted by Crippen LogP contribution is -2.50. The molecule has 9 heteroatoms. The van der Waals surface area contributed by atoms with Gasteiger partial charge in [-0.05, 0) is 44.9 Å². The van der Waals surface area contributed by atoms with E-state index in [0.29, 0.717) is 13.2 Å². The molecule has 7 N–H and O–H groups in total. The summed E-state index contributed by atoms with van der Waals surface area (Å²) in [5, 5.41) is 27.2. The highest BCUT2D eigenvalue weighted by Gasteiger charge is 2.28. The first-order chi connectivity index (χ1) is 19.5. The minimum Gasteiger partial charge on any atom is -0.399 e. The molecule has 0 fully saturated rings. The molecule has 244 valence electrons. The van der Waals surface area contributed by atoms with Crippen LogP contribution in [0.1, 0.15) is 105 Å². The maximum atomic E-state index is 8.34. The molecule has 0 amide bonds. The Labute approximate surface area is 259 Å². The largest absolute Gasteiger partial charge is 0.399 e. The molecule has 0 atom stereocenters. The van der Waals surface area contributed by atoms with Gasteiger partial charge in [0.15, 0.2) is 0 Å². The molecule has 0 radical (unpaired) electrons. The predicted molar refractivity (Wildman–Crippen MR) is 180 cm³/mol. The first-order valence-corrected chi connectivity index (χ1v) is 16.1. The molecular weight excluding hydrogens is 563 g/mol. The van der Waals surface area contributed by atoms with Gasteiger partial charge in [0.25, 0.3) is 0 Å². The van der Waals surface area contributed by atoms with Crippen molar-refractivity contribution in [2.24, 2.45) is 11.5 Å². The molecular formula is C34H57N2O6P. The fourth-order valence-corrected chi connectivity index (χ4v) is 5.42. The molecule has 1 aromatic heterocycles. The molecule has 0 saturated heterocycles. The van der Waals surface area contributed by atoms with Gasteiger partial charge < -0.3 is 35.2 Å². The van der Waals surface area contributed by atoms with Crippen LogP contribution in [-0.4, -0.2) is 53.8 Å². The molecule has 0 bridgehead atoms. The monoisotopic (exact) mass is 620 g/mol. The van der Waals surface area contributed by atoms with E-state index in [4.69, 9.17) is 39.7 Å². The average molecular weight is 621 g/mol. The summed E-state index contributed by atoms with van der Waals surface area (Å²) in [6.07, 6.45) is 0. The Morgan fingerprint density at radius 3 is 1.21 bits per heavy atom. The minimum atomic E-state index is -1.66. The summed E-state index contributed by atoms with van der Waals surface area (Å²) in [6.45, 7) is 26.6. The Morgan fingerprint density at radius 2 is 0.977 bits per heavy atom. The van der Waals surface area contributed by atoms with E-state index in [9.17, 15) is 0 Å². The lowest BCUT2D eigenvalue weighted by molar-refractivity contribution is 0.0697. The van der Waals surface area contributed by atoms with Gasteiger partial charge in [0, 0.05) is 28.4 Å². The van der Waals surface area contributed by atoms with Gasteiger partial charge in [-0.1, -0.05) is 95.2 Å². The summed E-state index contributed by atoms with van der Waals surface area (Å²) >= 11 is 0. The Balaban J connectivity index is 0.000000708. The third-order valence-electron chi connectivity index (χ3n) is 7.41. The normalized spacial score (nSPS) is 13.3. The molecule has 0 spiro atoms. The number of nitrogens with two attached hydrogens (primary N) is 2. The second kappa shape index (κ2) is 13.6. The van der Waals surface area contributed by atoms with Crippen molar-refractivity contribution in [3.8, 4) is 0 Å². The van der Waals surface area contributed by atoms with Crippen molar-refractivity contribution in [1.82, 2.24) is 0 Å². The molecule has 0 aliphatic rings. The topological polar surface area (TPSA) is 148 Å². The van der Waals surface area contributed by atoms with E-state index in [-0.39, 0.29) is 21.7 Å². The van der Waals surface area contributed by atoms with Crippen LogP contribution < -0.4 is 16.0 Å². The molecule has 3 aromatic rings. The molecule has 43 heavy (non-hydrogen) atoms.